The van der Waals surface area contributed by atoms with Crippen LogP contribution < -0.4 is 5.32 Å². The Morgan fingerprint density at radius 1 is 1.16 bits per heavy atom. The minimum Gasteiger partial charge on any atom is -0.330 e. The van der Waals surface area contributed by atoms with Crippen LogP contribution in [0.2, 0.25) is 0 Å². The monoisotopic (exact) mass is 348 g/mol. The van der Waals surface area contributed by atoms with Crippen molar-refractivity contribution in [3.63, 3.8) is 0 Å². The molecule has 0 aliphatic carbocycles. The normalized spacial score (nSPS) is 16.8. The van der Waals surface area contributed by atoms with Gasteiger partial charge in [-0.1, -0.05) is 18.2 Å². The number of imidazole rings is 1. The van der Waals surface area contributed by atoms with E-state index in [1.54, 1.807) is 12.1 Å². The van der Waals surface area contributed by atoms with Crippen LogP contribution in [0.15, 0.2) is 30.6 Å². The van der Waals surface area contributed by atoms with Gasteiger partial charge >= 0.3 is 6.18 Å². The topological polar surface area (TPSA) is 42.7 Å². The van der Waals surface area contributed by atoms with Crippen LogP contribution >= 0.6 is 0 Å². The van der Waals surface area contributed by atoms with Crippen molar-refractivity contribution >= 4 is 21.9 Å². The first-order chi connectivity index (χ1) is 12.0. The van der Waals surface area contributed by atoms with Crippen LogP contribution in [0.3, 0.4) is 0 Å². The number of nitrogens with one attached hydrogen (secondary N) is 1. The van der Waals surface area contributed by atoms with Crippen molar-refractivity contribution < 1.29 is 13.2 Å². The maximum atomic E-state index is 13.4. The lowest BCUT2D eigenvalue weighted by atomic mass is 9.95. The van der Waals surface area contributed by atoms with E-state index in [1.165, 1.54) is 6.33 Å². The number of nitrogens with zero attached hydrogens (tertiary/aromatic N) is 3. The molecule has 1 N–H and O–H groups in total. The van der Waals surface area contributed by atoms with Gasteiger partial charge in [-0.2, -0.15) is 13.2 Å². The highest BCUT2D eigenvalue weighted by Crippen LogP contribution is 2.36. The number of benzene rings is 1. The maximum absolute atomic E-state index is 13.4. The fourth-order valence-corrected chi connectivity index (χ4v) is 3.64. The first kappa shape index (κ1) is 16.3. The number of alkyl halides is 3. The second-order valence-corrected chi connectivity index (χ2v) is 6.59. The second kappa shape index (κ2) is 6.29. The van der Waals surface area contributed by atoms with Crippen molar-refractivity contribution in [3.05, 3.63) is 36.3 Å². The van der Waals surface area contributed by atoms with Crippen LogP contribution in [-0.2, 0) is 12.7 Å². The molecule has 0 saturated carbocycles. The number of pyridine rings is 1. The number of aryl methyl sites for hydroxylation is 1. The molecular formula is C18H19F3N4. The van der Waals surface area contributed by atoms with Crippen molar-refractivity contribution in [2.75, 3.05) is 13.1 Å². The van der Waals surface area contributed by atoms with E-state index in [1.807, 2.05) is 16.7 Å². The van der Waals surface area contributed by atoms with Crippen LogP contribution in [0.5, 0.6) is 0 Å². The molecule has 4 nitrogen and oxygen atoms in total. The van der Waals surface area contributed by atoms with Gasteiger partial charge in [-0.25, -0.2) is 9.97 Å². The Balaban J connectivity index is 1.78. The summed E-state index contributed by atoms with van der Waals surface area (Å²) in [7, 11) is 0. The molecule has 3 heterocycles. The summed E-state index contributed by atoms with van der Waals surface area (Å²) in [5.41, 5.74) is -0.0730. The van der Waals surface area contributed by atoms with Crippen LogP contribution in [-0.4, -0.2) is 27.6 Å². The summed E-state index contributed by atoms with van der Waals surface area (Å²) in [5.74, 6) is 0.605. The van der Waals surface area contributed by atoms with Crippen LogP contribution in [0.1, 0.15) is 25.0 Å². The molecule has 0 atom stereocenters. The van der Waals surface area contributed by atoms with Crippen molar-refractivity contribution in [2.24, 2.45) is 5.92 Å². The van der Waals surface area contributed by atoms with E-state index in [4.69, 9.17) is 0 Å². The van der Waals surface area contributed by atoms with E-state index < -0.39 is 11.9 Å². The number of fused-ring (bicyclic) bond motifs is 3. The highest BCUT2D eigenvalue weighted by Gasteiger charge is 2.36. The SMILES string of the molecule is FC(F)(F)c1nc2ccccc2c2c1ncn2CCC1CCNCC1. The Hall–Kier alpha value is -2.15. The third-order valence-corrected chi connectivity index (χ3v) is 4.96. The van der Waals surface area contributed by atoms with Gasteiger partial charge in [0.05, 0.1) is 17.4 Å². The predicted molar refractivity (Wildman–Crippen MR) is 90.2 cm³/mol. The molecule has 2 aromatic heterocycles. The molecule has 1 aliphatic heterocycles. The molecule has 0 radical (unpaired) electrons. The van der Waals surface area contributed by atoms with Crippen molar-refractivity contribution in [2.45, 2.75) is 32.0 Å². The van der Waals surface area contributed by atoms with E-state index in [2.05, 4.69) is 15.3 Å². The summed E-state index contributed by atoms with van der Waals surface area (Å²) in [6.07, 6.45) is 0.183. The Kier molecular flexibility index (Phi) is 4.11. The zero-order chi connectivity index (χ0) is 17.4. The number of para-hydroxylation sites is 1. The number of hydrogen-bond donors (Lipinski definition) is 1. The number of piperidine rings is 1. The molecule has 1 aromatic carbocycles. The van der Waals surface area contributed by atoms with Crippen molar-refractivity contribution in [3.8, 4) is 0 Å². The molecule has 3 aromatic rings. The van der Waals surface area contributed by atoms with Gasteiger partial charge in [0.1, 0.15) is 5.52 Å². The largest absolute Gasteiger partial charge is 0.435 e. The zero-order valence-electron chi connectivity index (χ0n) is 13.7. The van der Waals surface area contributed by atoms with E-state index in [9.17, 15) is 13.2 Å². The molecule has 1 aliphatic rings. The van der Waals surface area contributed by atoms with Gasteiger partial charge in [0.15, 0.2) is 5.69 Å². The quantitative estimate of drug-likeness (QED) is 0.778. The van der Waals surface area contributed by atoms with Crippen molar-refractivity contribution in [1.29, 1.82) is 0 Å². The number of aromatic nitrogens is 3. The second-order valence-electron chi connectivity index (χ2n) is 6.59. The molecule has 0 spiro atoms. The zero-order valence-corrected chi connectivity index (χ0v) is 13.7. The maximum Gasteiger partial charge on any atom is 0.435 e. The first-order valence-corrected chi connectivity index (χ1v) is 8.55. The lowest BCUT2D eigenvalue weighted by molar-refractivity contribution is -0.139. The summed E-state index contributed by atoms with van der Waals surface area (Å²) in [5, 5.41) is 4.05. The standard InChI is InChI=1S/C18H19F3N4/c19-18(20,21)17-15-16(13-3-1-2-4-14(13)24-17)25(11-23-15)10-7-12-5-8-22-9-6-12/h1-4,11-12,22H,5-10H2. The van der Waals surface area contributed by atoms with Crippen molar-refractivity contribution in [1.82, 2.24) is 19.9 Å². The summed E-state index contributed by atoms with van der Waals surface area (Å²) >= 11 is 0. The third-order valence-electron chi connectivity index (χ3n) is 4.96. The fraction of sp³-hybridized carbons (Fsp3) is 0.444. The van der Waals surface area contributed by atoms with E-state index in [-0.39, 0.29) is 5.52 Å². The van der Waals surface area contributed by atoms with E-state index >= 15 is 0 Å². The average molecular weight is 348 g/mol. The van der Waals surface area contributed by atoms with Crippen LogP contribution in [0.4, 0.5) is 13.2 Å². The minimum absolute atomic E-state index is 0.0588. The Morgan fingerprint density at radius 3 is 2.68 bits per heavy atom. The molecule has 0 unspecified atom stereocenters. The fourth-order valence-electron chi connectivity index (χ4n) is 3.64. The number of rotatable bonds is 3. The predicted octanol–water partition coefficient (Wildman–Crippen LogP) is 3.99. The molecule has 0 amide bonds. The summed E-state index contributed by atoms with van der Waals surface area (Å²) < 4.78 is 42.1. The average Bonchev–Trinajstić information content (AvgIpc) is 3.03. The molecule has 7 heteroatoms. The van der Waals surface area contributed by atoms with E-state index in [0.29, 0.717) is 28.9 Å². The third kappa shape index (κ3) is 3.08. The van der Waals surface area contributed by atoms with Gasteiger partial charge in [-0.15, -0.1) is 0 Å². The molecule has 25 heavy (non-hydrogen) atoms. The van der Waals surface area contributed by atoms with E-state index in [0.717, 1.165) is 32.4 Å². The Labute approximate surface area is 143 Å². The number of halogens is 3. The molecule has 0 bridgehead atoms. The number of hydrogen-bond acceptors (Lipinski definition) is 3. The molecule has 132 valence electrons. The highest BCUT2D eigenvalue weighted by atomic mass is 19.4. The minimum atomic E-state index is -4.52. The van der Waals surface area contributed by atoms with Crippen LogP contribution in [0, 0.1) is 5.92 Å². The summed E-state index contributed by atoms with van der Waals surface area (Å²) in [4.78, 5) is 7.90. The van der Waals surface area contributed by atoms with Gasteiger partial charge in [-0.05, 0) is 44.3 Å². The van der Waals surface area contributed by atoms with Gasteiger partial charge in [0.2, 0.25) is 0 Å². The first-order valence-electron chi connectivity index (χ1n) is 8.55. The van der Waals surface area contributed by atoms with Crippen LogP contribution in [0.25, 0.3) is 21.9 Å². The molecule has 1 fully saturated rings. The lowest BCUT2D eigenvalue weighted by Crippen LogP contribution is -2.28. The molecule has 4 rings (SSSR count). The summed E-state index contributed by atoms with van der Waals surface area (Å²) in [6, 6.07) is 6.96. The summed E-state index contributed by atoms with van der Waals surface area (Å²) in [6.45, 7) is 2.70. The highest BCUT2D eigenvalue weighted by molar-refractivity contribution is 6.03. The van der Waals surface area contributed by atoms with Gasteiger partial charge in [0.25, 0.3) is 0 Å². The lowest BCUT2D eigenvalue weighted by Gasteiger charge is -2.22. The Morgan fingerprint density at radius 2 is 1.92 bits per heavy atom. The molecular weight excluding hydrogens is 329 g/mol. The van der Waals surface area contributed by atoms with Gasteiger partial charge < -0.3 is 9.88 Å². The van der Waals surface area contributed by atoms with Gasteiger partial charge in [0, 0.05) is 11.9 Å². The smallest absolute Gasteiger partial charge is 0.330 e. The molecule has 1 saturated heterocycles. The van der Waals surface area contributed by atoms with Gasteiger partial charge in [-0.3, -0.25) is 0 Å². The Bertz CT molecular complexity index is 894.